The van der Waals surface area contributed by atoms with Crippen LogP contribution >= 0.6 is 15.9 Å². The molecule has 2 aromatic carbocycles. The fourth-order valence-electron chi connectivity index (χ4n) is 1.86. The van der Waals surface area contributed by atoms with Gasteiger partial charge in [0.15, 0.2) is 12.4 Å². The van der Waals surface area contributed by atoms with Crippen molar-refractivity contribution in [2.75, 3.05) is 6.61 Å². The molecule has 0 aromatic heterocycles. The zero-order valence-electron chi connectivity index (χ0n) is 11.3. The van der Waals surface area contributed by atoms with Crippen LogP contribution in [0.15, 0.2) is 46.9 Å². The second kappa shape index (κ2) is 6.54. The van der Waals surface area contributed by atoms with Crippen molar-refractivity contribution < 1.29 is 19.4 Å². The first-order chi connectivity index (χ1) is 9.97. The van der Waals surface area contributed by atoms with E-state index in [1.54, 1.807) is 37.3 Å². The molecular weight excluding hydrogens is 336 g/mol. The van der Waals surface area contributed by atoms with Gasteiger partial charge in [0.2, 0.25) is 0 Å². The van der Waals surface area contributed by atoms with E-state index in [-0.39, 0.29) is 5.78 Å². The first-order valence-electron chi connectivity index (χ1n) is 6.23. The fourth-order valence-corrected chi connectivity index (χ4v) is 2.12. The molecule has 108 valence electrons. The van der Waals surface area contributed by atoms with Crippen LogP contribution in [0.1, 0.15) is 21.5 Å². The van der Waals surface area contributed by atoms with Crippen molar-refractivity contribution in [3.8, 4) is 5.75 Å². The van der Waals surface area contributed by atoms with Gasteiger partial charge < -0.3 is 9.84 Å². The number of hydrogen-bond acceptors (Lipinski definition) is 3. The highest BCUT2D eigenvalue weighted by molar-refractivity contribution is 9.10. The predicted octanol–water partition coefficient (Wildman–Crippen LogP) is 3.45. The summed E-state index contributed by atoms with van der Waals surface area (Å²) < 4.78 is 6.05. The van der Waals surface area contributed by atoms with Gasteiger partial charge in [0.05, 0.1) is 0 Å². The van der Waals surface area contributed by atoms with Crippen LogP contribution in [-0.4, -0.2) is 23.5 Å². The molecule has 0 heterocycles. The number of halogens is 1. The zero-order chi connectivity index (χ0) is 15.4. The number of aliphatic carboxylic acids is 1. The van der Waals surface area contributed by atoms with Gasteiger partial charge in [-0.05, 0) is 55.0 Å². The van der Waals surface area contributed by atoms with Gasteiger partial charge in [0.1, 0.15) is 5.75 Å². The number of rotatable bonds is 5. The van der Waals surface area contributed by atoms with E-state index in [4.69, 9.17) is 9.84 Å². The largest absolute Gasteiger partial charge is 0.482 e. The zero-order valence-corrected chi connectivity index (χ0v) is 12.9. The number of hydrogen-bond donors (Lipinski definition) is 1. The SMILES string of the molecule is Cc1cc(C(=O)c2ccc(Br)cc2)ccc1OCC(=O)O. The van der Waals surface area contributed by atoms with Crippen molar-refractivity contribution in [1.82, 2.24) is 0 Å². The normalized spacial score (nSPS) is 10.2. The quantitative estimate of drug-likeness (QED) is 0.840. The molecule has 0 aliphatic carbocycles. The number of carbonyl (C=O) groups is 2. The summed E-state index contributed by atoms with van der Waals surface area (Å²) in [6, 6.07) is 12.1. The van der Waals surface area contributed by atoms with Crippen LogP contribution in [0.2, 0.25) is 0 Å². The summed E-state index contributed by atoms with van der Waals surface area (Å²) >= 11 is 3.33. The highest BCUT2D eigenvalue weighted by Gasteiger charge is 2.11. The van der Waals surface area contributed by atoms with Gasteiger partial charge >= 0.3 is 5.97 Å². The smallest absolute Gasteiger partial charge is 0.341 e. The van der Waals surface area contributed by atoms with Crippen LogP contribution in [0, 0.1) is 6.92 Å². The number of aryl methyl sites for hydroxylation is 1. The molecule has 0 fully saturated rings. The summed E-state index contributed by atoms with van der Waals surface area (Å²) in [6.45, 7) is 1.37. The average molecular weight is 349 g/mol. The Labute approximate surface area is 130 Å². The van der Waals surface area contributed by atoms with Gasteiger partial charge in [-0.15, -0.1) is 0 Å². The molecule has 0 atom stereocenters. The Morgan fingerprint density at radius 1 is 1.10 bits per heavy atom. The minimum atomic E-state index is -1.04. The second-order valence-corrected chi connectivity index (χ2v) is 5.41. The number of ether oxygens (including phenoxy) is 1. The Morgan fingerprint density at radius 3 is 2.29 bits per heavy atom. The molecule has 4 nitrogen and oxygen atoms in total. The highest BCUT2D eigenvalue weighted by atomic mass is 79.9. The van der Waals surface area contributed by atoms with Crippen LogP contribution in [-0.2, 0) is 4.79 Å². The van der Waals surface area contributed by atoms with E-state index >= 15 is 0 Å². The van der Waals surface area contributed by atoms with Crippen molar-refractivity contribution >= 4 is 27.7 Å². The molecule has 0 radical (unpaired) electrons. The lowest BCUT2D eigenvalue weighted by Crippen LogP contribution is -2.10. The number of carboxylic acid groups (broad SMARTS) is 1. The Morgan fingerprint density at radius 2 is 1.71 bits per heavy atom. The fraction of sp³-hybridized carbons (Fsp3) is 0.125. The van der Waals surface area contributed by atoms with Crippen LogP contribution in [0.5, 0.6) is 5.75 Å². The molecule has 0 amide bonds. The molecule has 0 bridgehead atoms. The number of ketones is 1. The van der Waals surface area contributed by atoms with E-state index in [0.29, 0.717) is 16.9 Å². The molecular formula is C16H13BrO4. The number of carboxylic acids is 1. The van der Waals surface area contributed by atoms with Crippen LogP contribution in [0.4, 0.5) is 0 Å². The van der Waals surface area contributed by atoms with Gasteiger partial charge in [-0.1, -0.05) is 15.9 Å². The van der Waals surface area contributed by atoms with Crippen molar-refractivity contribution in [3.05, 3.63) is 63.6 Å². The molecule has 0 saturated carbocycles. The van der Waals surface area contributed by atoms with Crippen molar-refractivity contribution in [3.63, 3.8) is 0 Å². The lowest BCUT2D eigenvalue weighted by Gasteiger charge is -2.09. The minimum absolute atomic E-state index is 0.0876. The van der Waals surface area contributed by atoms with Crippen LogP contribution < -0.4 is 4.74 Å². The summed E-state index contributed by atoms with van der Waals surface area (Å²) in [4.78, 5) is 22.8. The summed E-state index contributed by atoms with van der Waals surface area (Å²) in [5.41, 5.74) is 1.86. The van der Waals surface area contributed by atoms with Gasteiger partial charge in [-0.2, -0.15) is 0 Å². The predicted molar refractivity (Wildman–Crippen MR) is 81.9 cm³/mol. The molecule has 0 saturated heterocycles. The van der Waals surface area contributed by atoms with Gasteiger partial charge in [0, 0.05) is 15.6 Å². The van der Waals surface area contributed by atoms with E-state index in [1.165, 1.54) is 0 Å². The summed E-state index contributed by atoms with van der Waals surface area (Å²) in [5.74, 6) is -0.662. The molecule has 1 N–H and O–H groups in total. The van der Waals surface area contributed by atoms with E-state index in [9.17, 15) is 9.59 Å². The maximum absolute atomic E-state index is 12.3. The number of carbonyl (C=O) groups excluding carboxylic acids is 1. The molecule has 2 aromatic rings. The summed E-state index contributed by atoms with van der Waals surface area (Å²) in [6.07, 6.45) is 0. The second-order valence-electron chi connectivity index (χ2n) is 4.50. The van der Waals surface area contributed by atoms with Gasteiger partial charge in [-0.3, -0.25) is 4.79 Å². The van der Waals surface area contributed by atoms with Crippen molar-refractivity contribution in [2.24, 2.45) is 0 Å². The first-order valence-corrected chi connectivity index (χ1v) is 7.02. The standard InChI is InChI=1S/C16H13BrO4/c1-10-8-12(4-7-14(10)21-9-15(18)19)16(20)11-2-5-13(17)6-3-11/h2-8H,9H2,1H3,(H,18,19). The minimum Gasteiger partial charge on any atom is -0.482 e. The lowest BCUT2D eigenvalue weighted by atomic mass is 10.0. The molecule has 21 heavy (non-hydrogen) atoms. The van der Waals surface area contributed by atoms with Crippen molar-refractivity contribution in [1.29, 1.82) is 0 Å². The topological polar surface area (TPSA) is 63.6 Å². The lowest BCUT2D eigenvalue weighted by molar-refractivity contribution is -0.139. The molecule has 2 rings (SSSR count). The molecule has 0 unspecified atom stereocenters. The van der Waals surface area contributed by atoms with Crippen LogP contribution in [0.3, 0.4) is 0 Å². The third-order valence-electron chi connectivity index (χ3n) is 2.89. The molecule has 0 spiro atoms. The third-order valence-corrected chi connectivity index (χ3v) is 3.42. The maximum Gasteiger partial charge on any atom is 0.341 e. The number of benzene rings is 2. The molecule has 5 heteroatoms. The third kappa shape index (κ3) is 3.92. The van der Waals surface area contributed by atoms with E-state index in [2.05, 4.69) is 15.9 Å². The Kier molecular flexibility index (Phi) is 4.75. The molecule has 0 aliphatic heterocycles. The van der Waals surface area contributed by atoms with E-state index in [1.807, 2.05) is 12.1 Å². The van der Waals surface area contributed by atoms with Gasteiger partial charge in [0.25, 0.3) is 0 Å². The monoisotopic (exact) mass is 348 g/mol. The Hall–Kier alpha value is -2.14. The maximum atomic E-state index is 12.3. The van der Waals surface area contributed by atoms with Crippen LogP contribution in [0.25, 0.3) is 0 Å². The van der Waals surface area contributed by atoms with E-state index < -0.39 is 12.6 Å². The van der Waals surface area contributed by atoms with Crippen molar-refractivity contribution in [2.45, 2.75) is 6.92 Å². The molecule has 0 aliphatic rings. The average Bonchev–Trinajstić information content (AvgIpc) is 2.46. The summed E-state index contributed by atoms with van der Waals surface area (Å²) in [5, 5.41) is 8.60. The highest BCUT2D eigenvalue weighted by Crippen LogP contribution is 2.21. The Balaban J connectivity index is 2.21. The Bertz CT molecular complexity index is 677. The first kappa shape index (κ1) is 15.3. The van der Waals surface area contributed by atoms with Gasteiger partial charge in [-0.25, -0.2) is 4.79 Å². The van der Waals surface area contributed by atoms with E-state index in [0.717, 1.165) is 10.0 Å². The summed E-state index contributed by atoms with van der Waals surface area (Å²) in [7, 11) is 0.